The van der Waals surface area contributed by atoms with Crippen LogP contribution in [0.3, 0.4) is 0 Å². The lowest BCUT2D eigenvalue weighted by Gasteiger charge is -2.22. The summed E-state index contributed by atoms with van der Waals surface area (Å²) in [6.07, 6.45) is -0.0103. The maximum absolute atomic E-state index is 11.4. The number of nitrogens with zero attached hydrogens (tertiary/aromatic N) is 1. The molecule has 1 aromatic heterocycles. The third-order valence-corrected chi connectivity index (χ3v) is 3.76. The van der Waals surface area contributed by atoms with Gasteiger partial charge in [-0.2, -0.15) is 0 Å². The van der Waals surface area contributed by atoms with Crippen LogP contribution in [0, 0.1) is 5.92 Å². The minimum absolute atomic E-state index is 0.0103. The molecule has 0 fully saturated rings. The lowest BCUT2D eigenvalue weighted by molar-refractivity contribution is 0.100. The van der Waals surface area contributed by atoms with E-state index in [1.165, 1.54) is 11.3 Å². The second kappa shape index (κ2) is 6.14. The van der Waals surface area contributed by atoms with Crippen LogP contribution in [0.4, 0.5) is 10.7 Å². The third kappa shape index (κ3) is 3.76. The first-order valence-corrected chi connectivity index (χ1v) is 7.15. The van der Waals surface area contributed by atoms with E-state index < -0.39 is 5.91 Å². The van der Waals surface area contributed by atoms with Crippen molar-refractivity contribution in [3.8, 4) is 5.75 Å². The molecular weight excluding hydrogens is 262 g/mol. The maximum atomic E-state index is 11.4. The van der Waals surface area contributed by atoms with Crippen molar-refractivity contribution >= 4 is 27.9 Å². The Balaban J connectivity index is 3.20. The zero-order chi connectivity index (χ0) is 14.7. The molecule has 19 heavy (non-hydrogen) atoms. The number of carbonyl (C=O) groups is 1. The molecule has 0 spiro atoms. The van der Waals surface area contributed by atoms with Gasteiger partial charge >= 0.3 is 0 Å². The molecule has 0 atom stereocenters. The van der Waals surface area contributed by atoms with E-state index in [4.69, 9.17) is 16.2 Å². The van der Waals surface area contributed by atoms with Crippen LogP contribution in [0.5, 0.6) is 5.75 Å². The van der Waals surface area contributed by atoms with Crippen molar-refractivity contribution < 1.29 is 9.53 Å². The van der Waals surface area contributed by atoms with Crippen LogP contribution in [-0.2, 0) is 0 Å². The summed E-state index contributed by atoms with van der Waals surface area (Å²) < 4.78 is 5.75. The van der Waals surface area contributed by atoms with Gasteiger partial charge < -0.3 is 21.1 Å². The molecule has 108 valence electrons. The van der Waals surface area contributed by atoms with E-state index >= 15 is 0 Å². The minimum Gasteiger partial charge on any atom is -0.486 e. The standard InChI is InChI=1S/C13H23N3O2S/c1-7(2)6-16(5)13-10(18-8(3)4)9(14)11(19-13)12(15)17/h7-8H,6,14H2,1-5H3,(H2,15,17). The summed E-state index contributed by atoms with van der Waals surface area (Å²) >= 11 is 1.29. The van der Waals surface area contributed by atoms with Crippen molar-refractivity contribution in [3.05, 3.63) is 4.88 Å². The lowest BCUT2D eigenvalue weighted by Crippen LogP contribution is -2.22. The molecule has 1 rings (SSSR count). The van der Waals surface area contributed by atoms with Crippen molar-refractivity contribution in [2.24, 2.45) is 11.7 Å². The van der Waals surface area contributed by atoms with Crippen molar-refractivity contribution in [2.75, 3.05) is 24.2 Å². The minimum atomic E-state index is -0.514. The van der Waals surface area contributed by atoms with E-state index in [0.717, 1.165) is 11.5 Å². The molecule has 0 unspecified atom stereocenters. The average molecular weight is 285 g/mol. The fourth-order valence-corrected chi connectivity index (χ4v) is 2.81. The van der Waals surface area contributed by atoms with E-state index in [9.17, 15) is 4.79 Å². The van der Waals surface area contributed by atoms with Gasteiger partial charge in [0.15, 0.2) is 5.75 Å². The van der Waals surface area contributed by atoms with Crippen LogP contribution in [-0.4, -0.2) is 25.6 Å². The largest absolute Gasteiger partial charge is 0.486 e. The number of rotatable bonds is 6. The summed E-state index contributed by atoms with van der Waals surface area (Å²) in [5, 5.41) is 0.855. The number of amides is 1. The predicted octanol–water partition coefficient (Wildman–Crippen LogP) is 2.31. The normalized spacial score (nSPS) is 11.1. The molecule has 0 aliphatic rings. The number of nitrogens with two attached hydrogens (primary N) is 2. The van der Waals surface area contributed by atoms with Gasteiger partial charge in [-0.25, -0.2) is 0 Å². The number of ether oxygens (including phenoxy) is 1. The monoisotopic (exact) mass is 285 g/mol. The Kier molecular flexibility index (Phi) is 5.05. The number of nitrogen functional groups attached to an aromatic ring is 1. The molecule has 5 nitrogen and oxygen atoms in total. The molecular formula is C13H23N3O2S. The van der Waals surface area contributed by atoms with Gasteiger partial charge in [-0.05, 0) is 19.8 Å². The molecule has 0 aliphatic carbocycles. The zero-order valence-electron chi connectivity index (χ0n) is 12.2. The highest BCUT2D eigenvalue weighted by Crippen LogP contribution is 2.44. The van der Waals surface area contributed by atoms with E-state index in [1.807, 2.05) is 20.9 Å². The van der Waals surface area contributed by atoms with E-state index in [0.29, 0.717) is 22.2 Å². The van der Waals surface area contributed by atoms with Gasteiger partial charge in [-0.3, -0.25) is 4.79 Å². The Morgan fingerprint density at radius 1 is 1.37 bits per heavy atom. The van der Waals surface area contributed by atoms with E-state index in [-0.39, 0.29) is 6.10 Å². The molecule has 1 aromatic rings. The number of anilines is 2. The van der Waals surface area contributed by atoms with Gasteiger partial charge in [0.05, 0.1) is 6.10 Å². The molecule has 0 radical (unpaired) electrons. The van der Waals surface area contributed by atoms with Gasteiger partial charge in [-0.1, -0.05) is 13.8 Å². The predicted molar refractivity (Wildman–Crippen MR) is 81.1 cm³/mol. The van der Waals surface area contributed by atoms with Crippen LogP contribution >= 0.6 is 11.3 Å². The van der Waals surface area contributed by atoms with Gasteiger partial charge in [0.1, 0.15) is 15.6 Å². The van der Waals surface area contributed by atoms with Crippen molar-refractivity contribution in [1.82, 2.24) is 0 Å². The van der Waals surface area contributed by atoms with Gasteiger partial charge in [0, 0.05) is 13.6 Å². The topological polar surface area (TPSA) is 81.6 Å². The second-order valence-electron chi connectivity index (χ2n) is 5.28. The van der Waals surface area contributed by atoms with E-state index in [2.05, 4.69) is 18.7 Å². The van der Waals surface area contributed by atoms with Crippen molar-refractivity contribution in [2.45, 2.75) is 33.8 Å². The second-order valence-corrected chi connectivity index (χ2v) is 6.28. The van der Waals surface area contributed by atoms with E-state index in [1.54, 1.807) is 0 Å². The first-order chi connectivity index (χ1) is 8.73. The maximum Gasteiger partial charge on any atom is 0.261 e. The summed E-state index contributed by atoms with van der Waals surface area (Å²) in [5.41, 5.74) is 11.7. The molecule has 0 saturated carbocycles. The summed E-state index contributed by atoms with van der Waals surface area (Å²) in [4.78, 5) is 13.8. The molecule has 4 N–H and O–H groups in total. The molecule has 0 aliphatic heterocycles. The molecule has 0 bridgehead atoms. The third-order valence-electron chi connectivity index (χ3n) is 2.45. The fraction of sp³-hybridized carbons (Fsp3) is 0.615. The first-order valence-electron chi connectivity index (χ1n) is 6.33. The number of primary amides is 1. The van der Waals surface area contributed by atoms with Gasteiger partial charge in [0.2, 0.25) is 0 Å². The highest BCUT2D eigenvalue weighted by atomic mass is 32.1. The van der Waals surface area contributed by atoms with Crippen LogP contribution in [0.2, 0.25) is 0 Å². The molecule has 0 saturated heterocycles. The Bertz CT molecular complexity index is 455. The first kappa shape index (κ1) is 15.6. The van der Waals surface area contributed by atoms with Gasteiger partial charge in [0.25, 0.3) is 5.91 Å². The highest BCUT2D eigenvalue weighted by molar-refractivity contribution is 7.19. The quantitative estimate of drug-likeness (QED) is 0.840. The Hall–Kier alpha value is -1.43. The van der Waals surface area contributed by atoms with Crippen LogP contribution in [0.15, 0.2) is 0 Å². The van der Waals surface area contributed by atoms with Crippen LogP contribution in [0.25, 0.3) is 0 Å². The molecule has 6 heteroatoms. The van der Waals surface area contributed by atoms with Crippen LogP contribution in [0.1, 0.15) is 37.4 Å². The van der Waals surface area contributed by atoms with Crippen LogP contribution < -0.4 is 21.1 Å². The van der Waals surface area contributed by atoms with Crippen molar-refractivity contribution in [3.63, 3.8) is 0 Å². The lowest BCUT2D eigenvalue weighted by atomic mass is 10.2. The SMILES string of the molecule is CC(C)CN(C)c1sc(C(N)=O)c(N)c1OC(C)C. The summed E-state index contributed by atoms with van der Waals surface area (Å²) in [6.45, 7) is 8.96. The Labute approximate surface area is 118 Å². The number of carbonyl (C=O) groups excluding carboxylic acids is 1. The summed E-state index contributed by atoms with van der Waals surface area (Å²) in [6, 6.07) is 0. The average Bonchev–Trinajstić information content (AvgIpc) is 2.55. The molecule has 1 heterocycles. The Morgan fingerprint density at radius 2 is 1.95 bits per heavy atom. The summed E-state index contributed by atoms with van der Waals surface area (Å²) in [5.74, 6) is 0.550. The number of hydrogen-bond donors (Lipinski definition) is 2. The summed E-state index contributed by atoms with van der Waals surface area (Å²) in [7, 11) is 1.96. The number of thiophene rings is 1. The van der Waals surface area contributed by atoms with Crippen molar-refractivity contribution in [1.29, 1.82) is 0 Å². The van der Waals surface area contributed by atoms with Gasteiger partial charge in [-0.15, -0.1) is 11.3 Å². The smallest absolute Gasteiger partial charge is 0.261 e. The molecule has 1 amide bonds. The zero-order valence-corrected chi connectivity index (χ0v) is 13.0. The fourth-order valence-electron chi connectivity index (χ4n) is 1.83. The highest BCUT2D eigenvalue weighted by Gasteiger charge is 2.24. The number of hydrogen-bond acceptors (Lipinski definition) is 5. The Morgan fingerprint density at radius 3 is 2.37 bits per heavy atom. The molecule has 0 aromatic carbocycles.